The molecule has 1 amide bonds. The highest BCUT2D eigenvalue weighted by atomic mass is 32.2. The van der Waals surface area contributed by atoms with Crippen molar-refractivity contribution in [2.45, 2.75) is 54.3 Å². The summed E-state index contributed by atoms with van der Waals surface area (Å²) in [5.41, 5.74) is 2.21. The van der Waals surface area contributed by atoms with Gasteiger partial charge in [-0.25, -0.2) is 18.9 Å². The predicted octanol–water partition coefficient (Wildman–Crippen LogP) is 3.14. The lowest BCUT2D eigenvalue weighted by Crippen LogP contribution is -2.43. The van der Waals surface area contributed by atoms with E-state index in [0.717, 1.165) is 26.2 Å². The number of thioether (sulfide) groups is 1. The van der Waals surface area contributed by atoms with E-state index in [-0.39, 0.29) is 4.90 Å². The molecule has 0 aliphatic heterocycles. The van der Waals surface area contributed by atoms with Crippen LogP contribution in [0.4, 0.5) is 0 Å². The lowest BCUT2D eigenvalue weighted by Gasteiger charge is -2.20. The van der Waals surface area contributed by atoms with Crippen molar-refractivity contribution in [3.63, 3.8) is 0 Å². The topological polar surface area (TPSA) is 108 Å². The van der Waals surface area contributed by atoms with Crippen LogP contribution in [0.2, 0.25) is 0 Å². The molecule has 1 heterocycles. The van der Waals surface area contributed by atoms with E-state index in [2.05, 4.69) is 9.71 Å². The first-order chi connectivity index (χ1) is 12.9. The van der Waals surface area contributed by atoms with Crippen LogP contribution in [0.25, 0.3) is 10.2 Å². The van der Waals surface area contributed by atoms with Gasteiger partial charge < -0.3 is 0 Å². The second kappa shape index (κ2) is 8.87. The van der Waals surface area contributed by atoms with E-state index in [1.54, 1.807) is 23.9 Å². The number of sulfonamides is 1. The highest BCUT2D eigenvalue weighted by Gasteiger charge is 2.22. The molecular weight excluding hydrogens is 406 g/mol. The summed E-state index contributed by atoms with van der Waals surface area (Å²) in [6, 6.07) is 3.65. The van der Waals surface area contributed by atoms with E-state index in [1.165, 1.54) is 61.9 Å². The second-order valence-corrected chi connectivity index (χ2v) is 10.8. The number of nitrogens with one attached hydrogen (secondary N) is 2. The van der Waals surface area contributed by atoms with Gasteiger partial charge in [-0.3, -0.25) is 10.0 Å². The number of fused-ring (bicyclic) bond motifs is 1. The van der Waals surface area contributed by atoms with Gasteiger partial charge in [0.05, 0.1) is 15.1 Å². The molecule has 0 radical (unpaired) electrons. The van der Waals surface area contributed by atoms with Crippen LogP contribution in [-0.2, 0) is 14.8 Å². The highest BCUT2D eigenvalue weighted by Crippen LogP contribution is 2.34. The third-order valence-electron chi connectivity index (χ3n) is 4.65. The molecule has 1 aromatic heterocycles. The molecule has 1 aromatic carbocycles. The summed E-state index contributed by atoms with van der Waals surface area (Å²) < 4.78 is 28.9. The largest absolute Gasteiger partial charge is 0.289 e. The van der Waals surface area contributed by atoms with Gasteiger partial charge in [0.2, 0.25) is 10.0 Å². The van der Waals surface area contributed by atoms with Gasteiger partial charge in [-0.1, -0.05) is 31.0 Å². The third kappa shape index (κ3) is 5.20. The van der Waals surface area contributed by atoms with Gasteiger partial charge in [0, 0.05) is 5.75 Å². The van der Waals surface area contributed by atoms with E-state index >= 15 is 0 Å². The molecule has 0 bridgehead atoms. The van der Waals surface area contributed by atoms with Crippen molar-refractivity contribution >= 4 is 49.2 Å². The summed E-state index contributed by atoms with van der Waals surface area (Å²) in [6.45, 7) is 1.36. The van der Waals surface area contributed by atoms with Gasteiger partial charge in [0.1, 0.15) is 6.04 Å². The number of amides is 1. The lowest BCUT2D eigenvalue weighted by molar-refractivity contribution is -0.130. The Hall–Kier alpha value is -1.20. The molecule has 1 fully saturated rings. The number of hydroxylamine groups is 1. The molecule has 3 rings (SSSR count). The molecule has 3 N–H and O–H groups in total. The maximum absolute atomic E-state index is 12.5. The van der Waals surface area contributed by atoms with Crippen molar-refractivity contribution in [2.24, 2.45) is 5.92 Å². The summed E-state index contributed by atoms with van der Waals surface area (Å²) in [7, 11) is -3.88. The first-order valence-electron chi connectivity index (χ1n) is 8.89. The molecule has 27 heavy (non-hydrogen) atoms. The fourth-order valence-corrected chi connectivity index (χ4v) is 6.73. The average molecular weight is 430 g/mol. The Morgan fingerprint density at radius 3 is 2.81 bits per heavy atom. The van der Waals surface area contributed by atoms with Crippen LogP contribution >= 0.6 is 23.1 Å². The zero-order valence-corrected chi connectivity index (χ0v) is 17.4. The minimum absolute atomic E-state index is 0.0695. The Morgan fingerprint density at radius 2 is 2.11 bits per heavy atom. The number of rotatable bonds is 7. The number of hydrogen-bond acceptors (Lipinski definition) is 7. The lowest BCUT2D eigenvalue weighted by atomic mass is 9.91. The van der Waals surface area contributed by atoms with Crippen LogP contribution in [0.3, 0.4) is 0 Å². The van der Waals surface area contributed by atoms with Crippen LogP contribution in [0.15, 0.2) is 27.4 Å². The maximum atomic E-state index is 12.5. The van der Waals surface area contributed by atoms with Gasteiger partial charge in [0.15, 0.2) is 4.34 Å². The number of carbonyl (C=O) groups is 1. The van der Waals surface area contributed by atoms with Gasteiger partial charge in [-0.05, 0) is 43.9 Å². The number of nitrogens with zero attached hydrogens (tertiary/aromatic N) is 1. The van der Waals surface area contributed by atoms with Crippen LogP contribution in [0.5, 0.6) is 0 Å². The Kier molecular flexibility index (Phi) is 6.74. The van der Waals surface area contributed by atoms with Crippen molar-refractivity contribution in [1.82, 2.24) is 15.2 Å². The maximum Gasteiger partial charge on any atom is 0.261 e. The van der Waals surface area contributed by atoms with Crippen LogP contribution in [0.1, 0.15) is 39.0 Å². The van der Waals surface area contributed by atoms with Gasteiger partial charge >= 0.3 is 0 Å². The Bertz CT molecular complexity index is 907. The SMILES string of the molecule is C[C@@H](NS(=O)(=O)c1ccc2nc(SCC3CCCCC3)sc2c1)C(=O)NO. The third-order valence-corrected chi connectivity index (χ3v) is 8.58. The molecule has 0 unspecified atom stereocenters. The molecule has 0 spiro atoms. The quantitative estimate of drug-likeness (QED) is 0.354. The van der Waals surface area contributed by atoms with E-state index in [4.69, 9.17) is 5.21 Å². The normalized spacial score (nSPS) is 17.1. The van der Waals surface area contributed by atoms with E-state index in [1.807, 2.05) is 0 Å². The van der Waals surface area contributed by atoms with Gasteiger partial charge in [-0.15, -0.1) is 11.3 Å². The Labute approximate surface area is 167 Å². The Morgan fingerprint density at radius 1 is 1.37 bits per heavy atom. The van der Waals surface area contributed by atoms with Crippen molar-refractivity contribution in [3.05, 3.63) is 18.2 Å². The van der Waals surface area contributed by atoms with Crippen molar-refractivity contribution < 1.29 is 18.4 Å². The molecule has 1 aliphatic rings. The average Bonchev–Trinajstić information content (AvgIpc) is 3.08. The molecule has 1 saturated carbocycles. The van der Waals surface area contributed by atoms with Crippen LogP contribution < -0.4 is 10.2 Å². The first-order valence-corrected chi connectivity index (χ1v) is 12.2. The summed E-state index contributed by atoms with van der Waals surface area (Å²) in [6.07, 6.45) is 6.53. The van der Waals surface area contributed by atoms with E-state index in [9.17, 15) is 13.2 Å². The van der Waals surface area contributed by atoms with Crippen LogP contribution in [0, 0.1) is 5.92 Å². The standard InChI is InChI=1S/C17H23N3O4S3/c1-11(16(21)19-22)20-27(23,24)13-7-8-14-15(9-13)26-17(18-14)25-10-12-5-3-2-4-6-12/h7-9,11-12,20,22H,2-6,10H2,1H3,(H,19,21)/t11-/m1/s1. The van der Waals surface area contributed by atoms with Gasteiger partial charge in [0.25, 0.3) is 5.91 Å². The summed E-state index contributed by atoms with van der Waals surface area (Å²) >= 11 is 3.23. The zero-order chi connectivity index (χ0) is 19.4. The fourth-order valence-electron chi connectivity index (χ4n) is 3.11. The predicted molar refractivity (Wildman–Crippen MR) is 107 cm³/mol. The summed E-state index contributed by atoms with van der Waals surface area (Å²) in [4.78, 5) is 16.0. The fraction of sp³-hybridized carbons (Fsp3) is 0.529. The Balaban J connectivity index is 1.72. The van der Waals surface area contributed by atoms with E-state index < -0.39 is 22.0 Å². The summed E-state index contributed by atoms with van der Waals surface area (Å²) in [5.74, 6) is 0.981. The van der Waals surface area contributed by atoms with Crippen molar-refractivity contribution in [2.75, 3.05) is 5.75 Å². The molecule has 0 saturated heterocycles. The number of aromatic nitrogens is 1. The number of benzene rings is 1. The minimum Gasteiger partial charge on any atom is -0.289 e. The molecule has 1 aliphatic carbocycles. The van der Waals surface area contributed by atoms with Crippen LogP contribution in [-0.4, -0.2) is 36.3 Å². The smallest absolute Gasteiger partial charge is 0.261 e. The second-order valence-electron chi connectivity index (χ2n) is 6.74. The summed E-state index contributed by atoms with van der Waals surface area (Å²) in [5, 5.41) is 8.62. The first kappa shape index (κ1) is 20.5. The minimum atomic E-state index is -3.88. The molecule has 2 aromatic rings. The van der Waals surface area contributed by atoms with E-state index in [0.29, 0.717) is 0 Å². The monoisotopic (exact) mass is 429 g/mol. The number of carbonyl (C=O) groups excluding carboxylic acids is 1. The van der Waals surface area contributed by atoms with Gasteiger partial charge in [-0.2, -0.15) is 4.72 Å². The molecular formula is C17H23N3O4S3. The highest BCUT2D eigenvalue weighted by molar-refractivity contribution is 8.01. The molecule has 7 nitrogen and oxygen atoms in total. The zero-order valence-electron chi connectivity index (χ0n) is 15.0. The molecule has 1 atom stereocenters. The van der Waals surface area contributed by atoms with Crippen molar-refractivity contribution in [1.29, 1.82) is 0 Å². The van der Waals surface area contributed by atoms with Crippen molar-refractivity contribution in [3.8, 4) is 0 Å². The molecule has 148 valence electrons. The molecule has 10 heteroatoms. The number of hydrogen-bond donors (Lipinski definition) is 3. The number of thiazole rings is 1.